The highest BCUT2D eigenvalue weighted by Gasteiger charge is 2.22. The first-order chi connectivity index (χ1) is 19.4. The Balaban J connectivity index is 1.53. The molecule has 1 atom stereocenters. The second-order valence-corrected chi connectivity index (χ2v) is 9.42. The Morgan fingerprint density at radius 3 is 2.73 bits per heavy atom. The van der Waals surface area contributed by atoms with Crippen LogP contribution in [0.4, 0.5) is 0 Å². The summed E-state index contributed by atoms with van der Waals surface area (Å²) in [7, 11) is 1.30. The lowest BCUT2D eigenvalue weighted by atomic mass is 10.00. The Hall–Kier alpha value is -4.18. The molecule has 0 bridgehead atoms. The number of unbranched alkanes of at least 4 members (excludes halogenated alkanes) is 2. The summed E-state index contributed by atoms with van der Waals surface area (Å²) in [6.07, 6.45) is 11.8. The van der Waals surface area contributed by atoms with Crippen LogP contribution in [0, 0.1) is 5.92 Å². The summed E-state index contributed by atoms with van der Waals surface area (Å²) >= 11 is 0. The number of hydrogen-bond acceptors (Lipinski definition) is 7. The van der Waals surface area contributed by atoms with Gasteiger partial charge in [-0.15, -0.1) is 0 Å². The minimum Gasteiger partial charge on any atom is -0.465 e. The lowest BCUT2D eigenvalue weighted by molar-refractivity contribution is -0.173. The van der Waals surface area contributed by atoms with Gasteiger partial charge in [0.05, 0.1) is 38.4 Å². The summed E-state index contributed by atoms with van der Waals surface area (Å²) in [4.78, 5) is 54.7. The fourth-order valence-electron chi connectivity index (χ4n) is 4.20. The zero-order chi connectivity index (χ0) is 28.7. The molecular formula is C30H37N3O7. The molecule has 2 aromatic rings. The number of hydroxylamine groups is 2. The third-order valence-electron chi connectivity index (χ3n) is 6.47. The number of rotatable bonds is 16. The predicted octanol–water partition coefficient (Wildman–Crippen LogP) is 4.40. The maximum atomic E-state index is 13.0. The van der Waals surface area contributed by atoms with E-state index in [1.54, 1.807) is 30.3 Å². The highest BCUT2D eigenvalue weighted by atomic mass is 16.7. The summed E-state index contributed by atoms with van der Waals surface area (Å²) in [5.41, 5.74) is 2.06. The first kappa shape index (κ1) is 30.4. The van der Waals surface area contributed by atoms with Gasteiger partial charge in [-0.1, -0.05) is 56.5 Å². The molecule has 0 spiro atoms. The van der Waals surface area contributed by atoms with Crippen molar-refractivity contribution in [1.29, 1.82) is 0 Å². The van der Waals surface area contributed by atoms with E-state index < -0.39 is 17.8 Å². The Bertz CT molecular complexity index is 1220. The maximum Gasteiger partial charge on any atom is 0.337 e. The van der Waals surface area contributed by atoms with Crippen LogP contribution in [0.25, 0.3) is 11.3 Å². The number of furan rings is 1. The molecule has 3 rings (SSSR count). The molecule has 0 aliphatic heterocycles. The van der Waals surface area contributed by atoms with Gasteiger partial charge in [0.25, 0.3) is 5.91 Å². The number of carbonyl (C=O) groups excluding carboxylic acids is 4. The van der Waals surface area contributed by atoms with Crippen molar-refractivity contribution in [2.75, 3.05) is 26.9 Å². The van der Waals surface area contributed by atoms with Gasteiger partial charge in [-0.05, 0) is 49.1 Å². The Kier molecular flexibility index (Phi) is 12.2. The second kappa shape index (κ2) is 16.0. The van der Waals surface area contributed by atoms with Gasteiger partial charge in [0.15, 0.2) is 5.76 Å². The SMILES string of the molecule is CCCCC[C@H](CN(C=O)OCC1=CC=CCC1)C(=O)NCNC(=O)c1ccc(-c2cccc(C(=O)OC)c2)o1. The lowest BCUT2D eigenvalue weighted by Gasteiger charge is -2.24. The van der Waals surface area contributed by atoms with Crippen molar-refractivity contribution < 1.29 is 33.2 Å². The minimum absolute atomic E-state index is 0.0552. The number of nitrogens with zero attached hydrogens (tertiary/aromatic N) is 1. The van der Waals surface area contributed by atoms with Crippen molar-refractivity contribution in [3.8, 4) is 11.3 Å². The van der Waals surface area contributed by atoms with Crippen LogP contribution in [0.3, 0.4) is 0 Å². The molecule has 3 amide bonds. The van der Waals surface area contributed by atoms with Crippen molar-refractivity contribution in [1.82, 2.24) is 15.7 Å². The van der Waals surface area contributed by atoms with Gasteiger partial charge in [-0.25, -0.2) is 9.86 Å². The molecule has 10 heteroatoms. The van der Waals surface area contributed by atoms with E-state index in [0.29, 0.717) is 36.3 Å². The number of hydrogen-bond donors (Lipinski definition) is 2. The first-order valence-electron chi connectivity index (χ1n) is 13.5. The molecule has 1 aromatic heterocycles. The van der Waals surface area contributed by atoms with Crippen molar-refractivity contribution in [2.45, 2.75) is 45.4 Å². The van der Waals surface area contributed by atoms with Crippen LogP contribution in [0.5, 0.6) is 0 Å². The van der Waals surface area contributed by atoms with Crippen LogP contribution < -0.4 is 10.6 Å². The van der Waals surface area contributed by atoms with E-state index in [2.05, 4.69) is 23.6 Å². The molecule has 1 heterocycles. The largest absolute Gasteiger partial charge is 0.465 e. The molecule has 0 radical (unpaired) electrons. The number of ether oxygens (including phenoxy) is 1. The Labute approximate surface area is 234 Å². The van der Waals surface area contributed by atoms with Crippen LogP contribution in [-0.4, -0.2) is 56.2 Å². The number of esters is 1. The topological polar surface area (TPSA) is 127 Å². The fraction of sp³-hybridized carbons (Fsp3) is 0.400. The van der Waals surface area contributed by atoms with Crippen molar-refractivity contribution in [3.05, 3.63) is 71.5 Å². The van der Waals surface area contributed by atoms with Crippen LogP contribution in [0.15, 0.2) is 64.6 Å². The molecule has 1 aliphatic carbocycles. The van der Waals surface area contributed by atoms with Crippen LogP contribution in [0.1, 0.15) is 66.4 Å². The molecule has 10 nitrogen and oxygen atoms in total. The molecule has 214 valence electrons. The highest BCUT2D eigenvalue weighted by molar-refractivity contribution is 5.93. The quantitative estimate of drug-likeness (QED) is 0.104. The number of methoxy groups -OCH3 is 1. The standard InChI is InChI=1S/C30H37N3O7/c1-3-4-6-12-25(18-33(21-34)39-19-22-10-7-5-8-11-22)28(35)31-20-32-29(36)27-16-15-26(40-27)23-13-9-14-24(17-23)30(37)38-2/h5,7,9-10,13-17,21,25H,3-4,6,8,11-12,18-20H2,1-2H3,(H,31,35)(H,32,36)/t25-/m1/s1. The molecule has 1 aliphatic rings. The summed E-state index contributed by atoms with van der Waals surface area (Å²) in [6.45, 7) is 2.37. The van der Waals surface area contributed by atoms with E-state index in [9.17, 15) is 19.2 Å². The van der Waals surface area contributed by atoms with Gasteiger partial charge in [0, 0.05) is 5.56 Å². The number of nitrogens with one attached hydrogen (secondary N) is 2. The van der Waals surface area contributed by atoms with Crippen molar-refractivity contribution >= 4 is 24.2 Å². The zero-order valence-electron chi connectivity index (χ0n) is 23.0. The average Bonchev–Trinajstić information content (AvgIpc) is 3.49. The van der Waals surface area contributed by atoms with Gasteiger partial charge < -0.3 is 19.8 Å². The monoisotopic (exact) mass is 551 g/mol. The lowest BCUT2D eigenvalue weighted by Crippen LogP contribution is -2.43. The van der Waals surface area contributed by atoms with Crippen molar-refractivity contribution in [2.24, 2.45) is 5.92 Å². The van der Waals surface area contributed by atoms with Gasteiger partial charge in [-0.2, -0.15) is 0 Å². The second-order valence-electron chi connectivity index (χ2n) is 9.42. The van der Waals surface area contributed by atoms with Gasteiger partial charge >= 0.3 is 5.97 Å². The Morgan fingerprint density at radius 1 is 1.15 bits per heavy atom. The first-order valence-corrected chi connectivity index (χ1v) is 13.5. The average molecular weight is 552 g/mol. The molecule has 0 saturated carbocycles. The van der Waals surface area contributed by atoms with E-state index >= 15 is 0 Å². The van der Waals surface area contributed by atoms with Gasteiger partial charge in [0.1, 0.15) is 5.76 Å². The van der Waals surface area contributed by atoms with Gasteiger partial charge in [0.2, 0.25) is 12.3 Å². The molecule has 2 N–H and O–H groups in total. The fourth-order valence-corrected chi connectivity index (χ4v) is 4.20. The number of benzene rings is 1. The van der Waals surface area contributed by atoms with Crippen LogP contribution in [0.2, 0.25) is 0 Å². The summed E-state index contributed by atoms with van der Waals surface area (Å²) in [6, 6.07) is 9.82. The summed E-state index contributed by atoms with van der Waals surface area (Å²) in [5, 5.41) is 6.53. The molecular weight excluding hydrogens is 514 g/mol. The van der Waals surface area contributed by atoms with E-state index in [4.69, 9.17) is 14.0 Å². The molecule has 0 unspecified atom stereocenters. The van der Waals surface area contributed by atoms with Crippen LogP contribution >= 0.6 is 0 Å². The minimum atomic E-state index is -0.508. The van der Waals surface area contributed by atoms with Crippen molar-refractivity contribution in [3.63, 3.8) is 0 Å². The molecule has 0 saturated heterocycles. The maximum absolute atomic E-state index is 13.0. The molecule has 40 heavy (non-hydrogen) atoms. The highest BCUT2D eigenvalue weighted by Crippen LogP contribution is 2.23. The van der Waals surface area contributed by atoms with E-state index in [0.717, 1.165) is 37.7 Å². The van der Waals surface area contributed by atoms with E-state index in [1.807, 2.05) is 12.2 Å². The third-order valence-corrected chi connectivity index (χ3v) is 6.47. The smallest absolute Gasteiger partial charge is 0.337 e. The number of amides is 3. The van der Waals surface area contributed by atoms with Crippen LogP contribution in [-0.2, 0) is 19.2 Å². The number of carbonyl (C=O) groups is 4. The van der Waals surface area contributed by atoms with E-state index in [-0.39, 0.29) is 24.9 Å². The van der Waals surface area contributed by atoms with E-state index in [1.165, 1.54) is 18.2 Å². The normalized spacial score (nSPS) is 13.2. The molecule has 1 aromatic carbocycles. The predicted molar refractivity (Wildman–Crippen MR) is 149 cm³/mol. The summed E-state index contributed by atoms with van der Waals surface area (Å²) in [5.74, 6) is -1.30. The van der Waals surface area contributed by atoms with Gasteiger partial charge in [-0.3, -0.25) is 19.2 Å². The Morgan fingerprint density at radius 2 is 2.00 bits per heavy atom. The number of allylic oxidation sites excluding steroid dienone is 3. The molecule has 0 fully saturated rings. The third kappa shape index (κ3) is 9.23. The zero-order valence-corrected chi connectivity index (χ0v) is 23.0. The summed E-state index contributed by atoms with van der Waals surface area (Å²) < 4.78 is 10.4.